The van der Waals surface area contributed by atoms with E-state index in [9.17, 15) is 4.79 Å². The maximum absolute atomic E-state index is 11.9. The molecule has 8 heteroatoms. The van der Waals surface area contributed by atoms with Crippen LogP contribution in [-0.4, -0.2) is 49.4 Å². The molecule has 0 saturated heterocycles. The van der Waals surface area contributed by atoms with Gasteiger partial charge in [0.2, 0.25) is 0 Å². The molecule has 2 amide bonds. The van der Waals surface area contributed by atoms with E-state index in [2.05, 4.69) is 20.5 Å². The van der Waals surface area contributed by atoms with Gasteiger partial charge in [0.25, 0.3) is 0 Å². The fourth-order valence-electron chi connectivity index (χ4n) is 2.79. The Hall–Kier alpha value is -3.68. The number of carbonyl (C=O) groups excluding carboxylic acids is 1. The first kappa shape index (κ1) is 16.8. The summed E-state index contributed by atoms with van der Waals surface area (Å²) in [5, 5.41) is 11.6. The molecule has 3 aromatic heterocycles. The van der Waals surface area contributed by atoms with Crippen molar-refractivity contribution in [3.05, 3.63) is 55.1 Å². The number of aryl methyl sites for hydroxylation is 1. The predicted molar refractivity (Wildman–Crippen MR) is 103 cm³/mol. The molecule has 4 rings (SSSR count). The summed E-state index contributed by atoms with van der Waals surface area (Å²) in [7, 11) is 5.28. The van der Waals surface area contributed by atoms with Crippen LogP contribution in [0.4, 0.5) is 10.5 Å². The van der Waals surface area contributed by atoms with Gasteiger partial charge < -0.3 is 10.2 Å². The zero-order chi connectivity index (χ0) is 19.0. The number of benzene rings is 1. The average Bonchev–Trinajstić information content (AvgIpc) is 3.27. The summed E-state index contributed by atoms with van der Waals surface area (Å²) in [5.74, 6) is 0. The predicted octanol–water partition coefficient (Wildman–Crippen LogP) is 2.89. The number of aromatic nitrogens is 5. The molecule has 0 unspecified atom stereocenters. The van der Waals surface area contributed by atoms with Gasteiger partial charge in [0, 0.05) is 49.7 Å². The van der Waals surface area contributed by atoms with E-state index in [0.717, 1.165) is 28.0 Å². The van der Waals surface area contributed by atoms with Crippen LogP contribution in [0, 0.1) is 0 Å². The maximum Gasteiger partial charge on any atom is 0.321 e. The lowest BCUT2D eigenvalue weighted by molar-refractivity contribution is 0.230. The van der Waals surface area contributed by atoms with Crippen LogP contribution in [0.15, 0.2) is 55.1 Å². The second-order valence-electron chi connectivity index (χ2n) is 6.47. The zero-order valence-electron chi connectivity index (χ0n) is 15.3. The second kappa shape index (κ2) is 6.56. The van der Waals surface area contributed by atoms with Crippen LogP contribution in [0.2, 0.25) is 0 Å². The molecule has 0 fully saturated rings. The molecular formula is C19H19N7O. The molecule has 0 saturated carbocycles. The number of nitrogens with zero attached hydrogens (tertiary/aromatic N) is 6. The van der Waals surface area contributed by atoms with Crippen LogP contribution >= 0.6 is 0 Å². The lowest BCUT2D eigenvalue weighted by atomic mass is 10.1. The lowest BCUT2D eigenvalue weighted by Gasteiger charge is -2.12. The van der Waals surface area contributed by atoms with Gasteiger partial charge in [-0.1, -0.05) is 12.1 Å². The highest BCUT2D eigenvalue weighted by Crippen LogP contribution is 2.25. The molecule has 1 N–H and O–H groups in total. The number of rotatable bonds is 3. The molecule has 0 aliphatic heterocycles. The van der Waals surface area contributed by atoms with Crippen LogP contribution in [0.5, 0.6) is 0 Å². The van der Waals surface area contributed by atoms with Crippen molar-refractivity contribution in [2.75, 3.05) is 19.4 Å². The van der Waals surface area contributed by atoms with E-state index < -0.39 is 0 Å². The van der Waals surface area contributed by atoms with Crippen LogP contribution < -0.4 is 5.32 Å². The molecule has 0 radical (unpaired) electrons. The van der Waals surface area contributed by atoms with Crippen molar-refractivity contribution in [2.45, 2.75) is 0 Å². The van der Waals surface area contributed by atoms with Gasteiger partial charge in [-0.05, 0) is 18.2 Å². The first-order valence-electron chi connectivity index (χ1n) is 8.43. The Morgan fingerprint density at radius 1 is 1.04 bits per heavy atom. The Morgan fingerprint density at radius 3 is 2.59 bits per heavy atom. The highest BCUT2D eigenvalue weighted by atomic mass is 16.2. The number of amides is 2. The van der Waals surface area contributed by atoms with E-state index in [0.29, 0.717) is 5.69 Å². The van der Waals surface area contributed by atoms with Crippen molar-refractivity contribution in [2.24, 2.45) is 7.05 Å². The number of anilines is 1. The van der Waals surface area contributed by atoms with Crippen LogP contribution in [0.25, 0.3) is 28.0 Å². The normalized spacial score (nSPS) is 10.9. The first-order chi connectivity index (χ1) is 13.0. The third-order valence-corrected chi connectivity index (χ3v) is 4.22. The minimum absolute atomic E-state index is 0.176. The molecule has 0 aliphatic rings. The largest absolute Gasteiger partial charge is 0.331 e. The summed E-state index contributed by atoms with van der Waals surface area (Å²) in [6.45, 7) is 0. The summed E-state index contributed by atoms with van der Waals surface area (Å²) < 4.78 is 3.54. The SMILES string of the molecule is CN(C)C(=O)Nc1cccc(-c2cnc3cc(-c4cnn(C)c4)cnn23)c1. The van der Waals surface area contributed by atoms with Crippen LogP contribution in [-0.2, 0) is 7.05 Å². The quantitative estimate of drug-likeness (QED) is 0.608. The maximum atomic E-state index is 11.9. The van der Waals surface area contributed by atoms with Crippen molar-refractivity contribution >= 4 is 17.4 Å². The summed E-state index contributed by atoms with van der Waals surface area (Å²) in [4.78, 5) is 17.8. The second-order valence-corrected chi connectivity index (χ2v) is 6.47. The van der Waals surface area contributed by atoms with Gasteiger partial charge in [0.05, 0.1) is 24.3 Å². The molecule has 8 nitrogen and oxygen atoms in total. The fraction of sp³-hybridized carbons (Fsp3) is 0.158. The zero-order valence-corrected chi connectivity index (χ0v) is 15.3. The van der Waals surface area contributed by atoms with Crippen molar-refractivity contribution in [1.29, 1.82) is 0 Å². The van der Waals surface area contributed by atoms with Gasteiger partial charge in [0.15, 0.2) is 5.65 Å². The third kappa shape index (κ3) is 3.24. The summed E-state index contributed by atoms with van der Waals surface area (Å²) in [6, 6.07) is 9.41. The Morgan fingerprint density at radius 2 is 1.85 bits per heavy atom. The minimum Gasteiger partial charge on any atom is -0.331 e. The number of imidazole rings is 1. The Bertz CT molecular complexity index is 1130. The molecule has 0 bridgehead atoms. The van der Waals surface area contributed by atoms with E-state index >= 15 is 0 Å². The topological polar surface area (TPSA) is 80.3 Å². The van der Waals surface area contributed by atoms with E-state index in [1.165, 1.54) is 4.90 Å². The molecule has 136 valence electrons. The van der Waals surface area contributed by atoms with Gasteiger partial charge in [-0.2, -0.15) is 10.2 Å². The van der Waals surface area contributed by atoms with Gasteiger partial charge in [-0.25, -0.2) is 14.3 Å². The van der Waals surface area contributed by atoms with E-state index in [-0.39, 0.29) is 6.03 Å². The van der Waals surface area contributed by atoms with Gasteiger partial charge in [0.1, 0.15) is 0 Å². The lowest BCUT2D eigenvalue weighted by Crippen LogP contribution is -2.27. The minimum atomic E-state index is -0.176. The van der Waals surface area contributed by atoms with Crippen molar-refractivity contribution in [3.63, 3.8) is 0 Å². The molecule has 27 heavy (non-hydrogen) atoms. The molecule has 0 aliphatic carbocycles. The van der Waals surface area contributed by atoms with Gasteiger partial charge in [-0.15, -0.1) is 0 Å². The Kier molecular flexibility index (Phi) is 4.08. The summed E-state index contributed by atoms with van der Waals surface area (Å²) >= 11 is 0. The smallest absolute Gasteiger partial charge is 0.321 e. The van der Waals surface area contributed by atoms with Crippen LogP contribution in [0.3, 0.4) is 0 Å². The molecule has 1 aromatic carbocycles. The highest BCUT2D eigenvalue weighted by Gasteiger charge is 2.11. The average molecular weight is 361 g/mol. The number of nitrogens with one attached hydrogen (secondary N) is 1. The van der Waals surface area contributed by atoms with Crippen molar-refractivity contribution < 1.29 is 4.79 Å². The molecule has 4 aromatic rings. The fourth-order valence-corrected chi connectivity index (χ4v) is 2.79. The van der Waals surface area contributed by atoms with Crippen molar-refractivity contribution in [1.82, 2.24) is 29.3 Å². The number of urea groups is 1. The number of carbonyl (C=O) groups is 1. The van der Waals surface area contributed by atoms with Gasteiger partial charge >= 0.3 is 6.03 Å². The molecular weight excluding hydrogens is 342 g/mol. The van der Waals surface area contributed by atoms with E-state index in [4.69, 9.17) is 0 Å². The van der Waals surface area contributed by atoms with E-state index in [1.54, 1.807) is 41.9 Å². The van der Waals surface area contributed by atoms with Crippen LogP contribution in [0.1, 0.15) is 0 Å². The standard InChI is InChI=1S/C19H19N7O/c1-24(2)19(27)23-16-6-4-5-13(7-16)17-11-20-18-8-14(9-22-26(17)18)15-10-21-25(3)12-15/h4-12H,1-3H3,(H,23,27). The Labute approximate surface area is 156 Å². The summed E-state index contributed by atoms with van der Waals surface area (Å²) in [6.07, 6.45) is 7.32. The molecule has 3 heterocycles. The Balaban J connectivity index is 1.69. The number of fused-ring (bicyclic) bond motifs is 1. The van der Waals surface area contributed by atoms with Crippen molar-refractivity contribution in [3.8, 4) is 22.4 Å². The number of hydrogen-bond donors (Lipinski definition) is 1. The molecule has 0 atom stereocenters. The highest BCUT2D eigenvalue weighted by molar-refractivity contribution is 5.89. The third-order valence-electron chi connectivity index (χ3n) is 4.22. The number of hydrogen-bond acceptors (Lipinski definition) is 4. The van der Waals surface area contributed by atoms with E-state index in [1.807, 2.05) is 43.6 Å². The monoisotopic (exact) mass is 361 g/mol. The first-order valence-corrected chi connectivity index (χ1v) is 8.43. The summed E-state index contributed by atoms with van der Waals surface area (Å²) in [5.41, 5.74) is 5.18. The molecule has 0 spiro atoms. The van der Waals surface area contributed by atoms with Gasteiger partial charge in [-0.3, -0.25) is 4.68 Å².